The molecule has 0 aromatic heterocycles. The molecule has 0 bridgehead atoms. The summed E-state index contributed by atoms with van der Waals surface area (Å²) in [7, 11) is -3.50. The first-order valence-corrected chi connectivity index (χ1v) is 8.52. The fourth-order valence-electron chi connectivity index (χ4n) is 2.34. The summed E-state index contributed by atoms with van der Waals surface area (Å²) in [4.78, 5) is 0.250. The third-order valence-corrected chi connectivity index (χ3v) is 4.99. The second kappa shape index (κ2) is 6.56. The lowest BCUT2D eigenvalue weighted by molar-refractivity contribution is 0.317. The molecule has 20 heavy (non-hydrogen) atoms. The zero-order chi connectivity index (χ0) is 14.6. The fourth-order valence-corrected chi connectivity index (χ4v) is 3.66. The van der Waals surface area contributed by atoms with Crippen molar-refractivity contribution in [2.45, 2.75) is 49.6 Å². The molecule has 0 aliphatic heterocycles. The summed E-state index contributed by atoms with van der Waals surface area (Å²) in [5.41, 5.74) is 5.90. The Hall–Kier alpha value is -1.11. The van der Waals surface area contributed by atoms with Crippen LogP contribution in [0.4, 0.5) is 0 Å². The summed E-state index contributed by atoms with van der Waals surface area (Å²) in [5, 5.41) is 0. The zero-order valence-corrected chi connectivity index (χ0v) is 12.5. The van der Waals surface area contributed by atoms with E-state index in [1.54, 1.807) is 24.3 Å². The van der Waals surface area contributed by atoms with E-state index in [0.29, 0.717) is 12.4 Å². The molecule has 0 amide bonds. The van der Waals surface area contributed by atoms with E-state index < -0.39 is 10.0 Å². The van der Waals surface area contributed by atoms with Gasteiger partial charge >= 0.3 is 0 Å². The quantitative estimate of drug-likeness (QED) is 0.836. The highest BCUT2D eigenvalue weighted by atomic mass is 32.2. The second-order valence-corrected chi connectivity index (χ2v) is 6.86. The fraction of sp³-hybridized carbons (Fsp3) is 0.571. The molecule has 1 saturated carbocycles. The van der Waals surface area contributed by atoms with Gasteiger partial charge in [0.25, 0.3) is 0 Å². The first-order valence-electron chi connectivity index (χ1n) is 7.03. The van der Waals surface area contributed by atoms with Gasteiger partial charge in [-0.15, -0.1) is 0 Å². The molecule has 0 spiro atoms. The molecule has 0 heterocycles. The van der Waals surface area contributed by atoms with E-state index in [2.05, 4.69) is 4.72 Å². The second-order valence-electron chi connectivity index (χ2n) is 5.14. The Labute approximate surface area is 120 Å². The summed E-state index contributed by atoms with van der Waals surface area (Å²) in [6.45, 7) is 2.65. The topological polar surface area (TPSA) is 81.4 Å². The minimum Gasteiger partial charge on any atom is -0.494 e. The normalized spacial score (nSPS) is 22.9. The van der Waals surface area contributed by atoms with Gasteiger partial charge in [-0.1, -0.05) is 13.3 Å². The summed E-state index contributed by atoms with van der Waals surface area (Å²) in [6, 6.07) is 6.24. The molecule has 2 unspecified atom stereocenters. The molecule has 2 rings (SSSR count). The van der Waals surface area contributed by atoms with Gasteiger partial charge in [0, 0.05) is 12.1 Å². The van der Waals surface area contributed by atoms with E-state index in [1.165, 1.54) is 0 Å². The van der Waals surface area contributed by atoms with E-state index in [0.717, 1.165) is 25.7 Å². The monoisotopic (exact) mass is 298 g/mol. The van der Waals surface area contributed by atoms with Crippen molar-refractivity contribution in [3.05, 3.63) is 24.3 Å². The number of hydrogen-bond donors (Lipinski definition) is 2. The first kappa shape index (κ1) is 15.3. The van der Waals surface area contributed by atoms with Gasteiger partial charge in [0.15, 0.2) is 0 Å². The molecule has 112 valence electrons. The first-order chi connectivity index (χ1) is 9.53. The molecule has 1 aromatic rings. The number of rotatable bonds is 6. The number of nitrogens with one attached hydrogen (secondary N) is 1. The molecule has 3 N–H and O–H groups in total. The number of nitrogens with two attached hydrogens (primary N) is 1. The van der Waals surface area contributed by atoms with Crippen LogP contribution in [0.15, 0.2) is 29.2 Å². The molecule has 5 nitrogen and oxygen atoms in total. The smallest absolute Gasteiger partial charge is 0.240 e. The maximum atomic E-state index is 12.3. The summed E-state index contributed by atoms with van der Waals surface area (Å²) in [6.07, 6.45) is 3.56. The molecule has 1 fully saturated rings. The van der Waals surface area contributed by atoms with Gasteiger partial charge in [-0.3, -0.25) is 0 Å². The Morgan fingerprint density at radius 1 is 1.30 bits per heavy atom. The van der Waals surface area contributed by atoms with Crippen molar-refractivity contribution < 1.29 is 13.2 Å². The van der Waals surface area contributed by atoms with E-state index in [4.69, 9.17) is 10.5 Å². The van der Waals surface area contributed by atoms with Crippen LogP contribution in [0.3, 0.4) is 0 Å². The van der Waals surface area contributed by atoms with Crippen LogP contribution in [0, 0.1) is 0 Å². The van der Waals surface area contributed by atoms with Crippen LogP contribution in [-0.2, 0) is 10.0 Å². The average molecular weight is 298 g/mol. The Morgan fingerprint density at radius 2 is 2.00 bits per heavy atom. The summed E-state index contributed by atoms with van der Waals surface area (Å²) < 4.78 is 32.6. The Balaban J connectivity index is 2.05. The van der Waals surface area contributed by atoms with Crippen molar-refractivity contribution in [2.24, 2.45) is 5.73 Å². The number of hydrogen-bond acceptors (Lipinski definition) is 4. The van der Waals surface area contributed by atoms with Gasteiger partial charge in [0.2, 0.25) is 10.0 Å². The predicted molar refractivity (Wildman–Crippen MR) is 78.2 cm³/mol. The van der Waals surface area contributed by atoms with Crippen LogP contribution in [-0.4, -0.2) is 27.1 Å². The highest BCUT2D eigenvalue weighted by Gasteiger charge is 2.28. The Morgan fingerprint density at radius 3 is 2.55 bits per heavy atom. The van der Waals surface area contributed by atoms with Crippen molar-refractivity contribution in [3.63, 3.8) is 0 Å². The van der Waals surface area contributed by atoms with Crippen LogP contribution in [0.2, 0.25) is 0 Å². The lowest BCUT2D eigenvalue weighted by atomic mass is 10.2. The largest absolute Gasteiger partial charge is 0.494 e. The van der Waals surface area contributed by atoms with Crippen LogP contribution >= 0.6 is 0 Å². The molecular formula is C14H22N2O3S. The van der Waals surface area contributed by atoms with Gasteiger partial charge in [-0.25, -0.2) is 13.1 Å². The highest BCUT2D eigenvalue weighted by molar-refractivity contribution is 7.89. The van der Waals surface area contributed by atoms with Crippen molar-refractivity contribution in [2.75, 3.05) is 6.61 Å². The minimum atomic E-state index is -3.50. The predicted octanol–water partition coefficient (Wildman–Crippen LogP) is 1.63. The van der Waals surface area contributed by atoms with Gasteiger partial charge in [-0.05, 0) is 43.5 Å². The zero-order valence-electron chi connectivity index (χ0n) is 11.7. The number of sulfonamides is 1. The average Bonchev–Trinajstić information content (AvgIpc) is 2.82. The van der Waals surface area contributed by atoms with Gasteiger partial charge in [-0.2, -0.15) is 0 Å². The molecule has 0 saturated heterocycles. The number of benzene rings is 1. The van der Waals surface area contributed by atoms with Gasteiger partial charge in [0.05, 0.1) is 11.5 Å². The maximum Gasteiger partial charge on any atom is 0.240 e. The Bertz CT molecular complexity index is 528. The minimum absolute atomic E-state index is 0.0862. The van der Waals surface area contributed by atoms with Crippen molar-refractivity contribution in [1.29, 1.82) is 0 Å². The van der Waals surface area contributed by atoms with Crippen LogP contribution in [0.5, 0.6) is 5.75 Å². The summed E-state index contributed by atoms with van der Waals surface area (Å²) >= 11 is 0. The highest BCUT2D eigenvalue weighted by Crippen LogP contribution is 2.21. The SMILES string of the molecule is CCCOc1ccc(S(=O)(=O)NC2CCCC2N)cc1. The van der Waals surface area contributed by atoms with E-state index in [9.17, 15) is 8.42 Å². The van der Waals surface area contributed by atoms with Gasteiger partial charge in [0.1, 0.15) is 5.75 Å². The maximum absolute atomic E-state index is 12.3. The lowest BCUT2D eigenvalue weighted by Gasteiger charge is -2.17. The lowest BCUT2D eigenvalue weighted by Crippen LogP contribution is -2.43. The van der Waals surface area contributed by atoms with Crippen molar-refractivity contribution in [1.82, 2.24) is 4.72 Å². The van der Waals surface area contributed by atoms with Crippen LogP contribution in [0.25, 0.3) is 0 Å². The van der Waals surface area contributed by atoms with E-state index in [1.807, 2.05) is 6.92 Å². The molecule has 6 heteroatoms. The molecule has 1 aliphatic carbocycles. The Kier molecular flexibility index (Phi) is 5.01. The van der Waals surface area contributed by atoms with E-state index in [-0.39, 0.29) is 17.0 Å². The third kappa shape index (κ3) is 3.71. The van der Waals surface area contributed by atoms with Crippen molar-refractivity contribution in [3.8, 4) is 5.75 Å². The number of ether oxygens (including phenoxy) is 1. The van der Waals surface area contributed by atoms with Gasteiger partial charge < -0.3 is 10.5 Å². The third-order valence-electron chi connectivity index (χ3n) is 3.48. The van der Waals surface area contributed by atoms with Crippen LogP contribution < -0.4 is 15.2 Å². The summed E-state index contributed by atoms with van der Waals surface area (Å²) in [5.74, 6) is 0.684. The molecule has 0 radical (unpaired) electrons. The van der Waals surface area contributed by atoms with E-state index >= 15 is 0 Å². The van der Waals surface area contributed by atoms with Crippen molar-refractivity contribution >= 4 is 10.0 Å². The standard InChI is InChI=1S/C14H22N2O3S/c1-2-10-19-11-6-8-12(9-7-11)20(17,18)16-14-5-3-4-13(14)15/h6-9,13-14,16H,2-5,10,15H2,1H3. The molecule has 2 atom stereocenters. The molecule has 1 aliphatic rings. The van der Waals surface area contributed by atoms with Crippen LogP contribution in [0.1, 0.15) is 32.6 Å². The molecule has 1 aromatic carbocycles. The molecular weight excluding hydrogens is 276 g/mol.